The summed E-state index contributed by atoms with van der Waals surface area (Å²) >= 11 is 1.63. The van der Waals surface area contributed by atoms with E-state index in [1.807, 2.05) is 18.2 Å². The van der Waals surface area contributed by atoms with Crippen LogP contribution in [0.25, 0.3) is 0 Å². The van der Waals surface area contributed by atoms with Crippen LogP contribution in [0.3, 0.4) is 0 Å². The standard InChI is InChI=1S/C16H18N2O2S/c19-10-14-15(11-5-6-11)17-16(21-14)18-7-8-20-13-4-2-1-3-12(13)9-18/h1-4,11,19H,5-10H2. The van der Waals surface area contributed by atoms with Crippen molar-refractivity contribution in [3.8, 4) is 5.75 Å². The Hall–Kier alpha value is -1.59. The maximum atomic E-state index is 9.55. The molecule has 0 saturated heterocycles. The Bertz CT molecular complexity index is 651. The molecule has 0 spiro atoms. The molecule has 2 heterocycles. The van der Waals surface area contributed by atoms with E-state index in [0.717, 1.165) is 34.5 Å². The smallest absolute Gasteiger partial charge is 0.186 e. The molecule has 2 aliphatic rings. The number of para-hydroxylation sites is 1. The van der Waals surface area contributed by atoms with Gasteiger partial charge in [-0.1, -0.05) is 29.5 Å². The van der Waals surface area contributed by atoms with Gasteiger partial charge in [0.1, 0.15) is 12.4 Å². The second-order valence-corrected chi connectivity index (χ2v) is 6.68. The predicted molar refractivity (Wildman–Crippen MR) is 83.0 cm³/mol. The summed E-state index contributed by atoms with van der Waals surface area (Å²) in [6.45, 7) is 2.42. The molecule has 5 heteroatoms. The largest absolute Gasteiger partial charge is 0.491 e. The zero-order valence-electron chi connectivity index (χ0n) is 11.8. The normalized spacial score (nSPS) is 18.0. The zero-order chi connectivity index (χ0) is 14.2. The SMILES string of the molecule is OCc1sc(N2CCOc3ccccc3C2)nc1C1CC1. The Labute approximate surface area is 128 Å². The third-order valence-corrected chi connectivity index (χ3v) is 5.16. The summed E-state index contributed by atoms with van der Waals surface area (Å²) in [5.41, 5.74) is 2.32. The van der Waals surface area contributed by atoms with Gasteiger partial charge in [0, 0.05) is 18.0 Å². The topological polar surface area (TPSA) is 45.6 Å². The van der Waals surface area contributed by atoms with Crippen LogP contribution in [-0.4, -0.2) is 23.2 Å². The monoisotopic (exact) mass is 302 g/mol. The molecule has 21 heavy (non-hydrogen) atoms. The Morgan fingerprint density at radius 3 is 3.00 bits per heavy atom. The van der Waals surface area contributed by atoms with Crippen molar-refractivity contribution >= 4 is 16.5 Å². The number of aliphatic hydroxyl groups excluding tert-OH is 1. The van der Waals surface area contributed by atoms with Gasteiger partial charge in [0.15, 0.2) is 5.13 Å². The van der Waals surface area contributed by atoms with Crippen LogP contribution in [0.2, 0.25) is 0 Å². The van der Waals surface area contributed by atoms with Crippen molar-refractivity contribution in [2.45, 2.75) is 31.9 Å². The molecule has 1 aliphatic heterocycles. The molecule has 0 atom stereocenters. The van der Waals surface area contributed by atoms with Crippen LogP contribution in [0.4, 0.5) is 5.13 Å². The van der Waals surface area contributed by atoms with Gasteiger partial charge in [0.05, 0.1) is 23.7 Å². The van der Waals surface area contributed by atoms with Crippen LogP contribution in [-0.2, 0) is 13.2 Å². The fourth-order valence-electron chi connectivity index (χ4n) is 2.76. The maximum Gasteiger partial charge on any atom is 0.186 e. The summed E-state index contributed by atoms with van der Waals surface area (Å²) in [5, 5.41) is 10.6. The minimum Gasteiger partial charge on any atom is -0.491 e. The van der Waals surface area contributed by atoms with Crippen LogP contribution in [0.1, 0.15) is 34.9 Å². The summed E-state index contributed by atoms with van der Waals surface area (Å²) in [6.07, 6.45) is 2.42. The molecular weight excluding hydrogens is 284 g/mol. The predicted octanol–water partition coefficient (Wildman–Crippen LogP) is 2.91. The van der Waals surface area contributed by atoms with Gasteiger partial charge in [-0.3, -0.25) is 0 Å². The molecule has 4 nitrogen and oxygen atoms in total. The fraction of sp³-hybridized carbons (Fsp3) is 0.438. The molecule has 0 unspecified atom stereocenters. The highest BCUT2D eigenvalue weighted by molar-refractivity contribution is 7.15. The van der Waals surface area contributed by atoms with Crippen LogP contribution >= 0.6 is 11.3 Å². The molecule has 1 aromatic heterocycles. The number of thiazole rings is 1. The first-order chi connectivity index (χ1) is 10.3. The minimum atomic E-state index is 0.102. The Morgan fingerprint density at radius 1 is 1.33 bits per heavy atom. The van der Waals surface area contributed by atoms with Crippen LogP contribution in [0.15, 0.2) is 24.3 Å². The molecule has 4 rings (SSSR count). The lowest BCUT2D eigenvalue weighted by Gasteiger charge is -2.18. The van der Waals surface area contributed by atoms with Gasteiger partial charge in [0.2, 0.25) is 0 Å². The van der Waals surface area contributed by atoms with Crippen LogP contribution in [0.5, 0.6) is 5.75 Å². The van der Waals surface area contributed by atoms with E-state index >= 15 is 0 Å². The number of nitrogens with zero attached hydrogens (tertiary/aromatic N) is 2. The number of benzene rings is 1. The molecule has 110 valence electrons. The van der Waals surface area contributed by atoms with Crippen LogP contribution < -0.4 is 9.64 Å². The number of aromatic nitrogens is 1. The van der Waals surface area contributed by atoms with Crippen LogP contribution in [0, 0.1) is 0 Å². The lowest BCUT2D eigenvalue weighted by atomic mass is 10.2. The molecule has 1 saturated carbocycles. The number of hydrogen-bond donors (Lipinski definition) is 1. The molecule has 0 radical (unpaired) electrons. The van der Waals surface area contributed by atoms with E-state index in [9.17, 15) is 5.11 Å². The highest BCUT2D eigenvalue weighted by atomic mass is 32.1. The van der Waals surface area contributed by atoms with Gasteiger partial charge in [-0.15, -0.1) is 0 Å². The Morgan fingerprint density at radius 2 is 2.19 bits per heavy atom. The number of fused-ring (bicyclic) bond motifs is 1. The van der Waals surface area contributed by atoms with E-state index in [-0.39, 0.29) is 6.61 Å². The summed E-state index contributed by atoms with van der Waals surface area (Å²) in [6, 6.07) is 8.18. The number of hydrogen-bond acceptors (Lipinski definition) is 5. The number of aliphatic hydroxyl groups is 1. The second-order valence-electron chi connectivity index (χ2n) is 5.61. The Balaban J connectivity index is 1.64. The maximum absolute atomic E-state index is 9.55. The highest BCUT2D eigenvalue weighted by Gasteiger charge is 2.30. The van der Waals surface area contributed by atoms with Gasteiger partial charge in [-0.25, -0.2) is 4.98 Å². The summed E-state index contributed by atoms with van der Waals surface area (Å²) in [4.78, 5) is 8.11. The summed E-state index contributed by atoms with van der Waals surface area (Å²) < 4.78 is 5.81. The third-order valence-electron chi connectivity index (χ3n) is 4.05. The molecule has 2 aromatic rings. The van der Waals surface area contributed by atoms with Gasteiger partial charge in [-0.05, 0) is 18.9 Å². The average Bonchev–Trinajstić information content (AvgIpc) is 3.30. The second kappa shape index (κ2) is 5.31. The first-order valence-corrected chi connectivity index (χ1v) is 8.23. The fourth-order valence-corrected chi connectivity index (χ4v) is 3.79. The van der Waals surface area contributed by atoms with Crippen molar-refractivity contribution in [2.24, 2.45) is 0 Å². The van der Waals surface area contributed by atoms with Crippen molar-refractivity contribution in [3.05, 3.63) is 40.4 Å². The van der Waals surface area contributed by atoms with Crippen molar-refractivity contribution in [1.82, 2.24) is 4.98 Å². The third kappa shape index (κ3) is 2.51. The number of rotatable bonds is 3. The van der Waals surface area contributed by atoms with Crippen molar-refractivity contribution in [1.29, 1.82) is 0 Å². The van der Waals surface area contributed by atoms with E-state index < -0.39 is 0 Å². The number of ether oxygens (including phenoxy) is 1. The summed E-state index contributed by atoms with van der Waals surface area (Å²) in [7, 11) is 0. The molecular formula is C16H18N2O2S. The molecule has 1 N–H and O–H groups in total. The summed E-state index contributed by atoms with van der Waals surface area (Å²) in [5.74, 6) is 1.55. The molecule has 0 amide bonds. The minimum absolute atomic E-state index is 0.102. The van der Waals surface area contributed by atoms with Crippen molar-refractivity contribution < 1.29 is 9.84 Å². The molecule has 1 aromatic carbocycles. The zero-order valence-corrected chi connectivity index (χ0v) is 12.6. The van der Waals surface area contributed by atoms with Gasteiger partial charge >= 0.3 is 0 Å². The van der Waals surface area contributed by atoms with E-state index in [0.29, 0.717) is 12.5 Å². The van der Waals surface area contributed by atoms with E-state index in [4.69, 9.17) is 9.72 Å². The molecule has 1 fully saturated rings. The number of anilines is 1. The highest BCUT2D eigenvalue weighted by Crippen LogP contribution is 2.44. The van der Waals surface area contributed by atoms with Gasteiger partial charge in [-0.2, -0.15) is 0 Å². The van der Waals surface area contributed by atoms with Gasteiger partial charge < -0.3 is 14.7 Å². The molecule has 0 bridgehead atoms. The van der Waals surface area contributed by atoms with Crippen molar-refractivity contribution in [2.75, 3.05) is 18.1 Å². The first kappa shape index (κ1) is 13.1. The van der Waals surface area contributed by atoms with Gasteiger partial charge in [0.25, 0.3) is 0 Å². The first-order valence-electron chi connectivity index (χ1n) is 7.41. The van der Waals surface area contributed by atoms with E-state index in [1.54, 1.807) is 11.3 Å². The average molecular weight is 302 g/mol. The lowest BCUT2D eigenvalue weighted by molar-refractivity contribution is 0.284. The molecule has 1 aliphatic carbocycles. The van der Waals surface area contributed by atoms with Crippen molar-refractivity contribution in [3.63, 3.8) is 0 Å². The van der Waals surface area contributed by atoms with E-state index in [2.05, 4.69) is 11.0 Å². The van der Waals surface area contributed by atoms with E-state index in [1.165, 1.54) is 18.4 Å². The lowest BCUT2D eigenvalue weighted by Crippen LogP contribution is -2.25. The quantitative estimate of drug-likeness (QED) is 0.947. The Kier molecular flexibility index (Phi) is 3.31.